The smallest absolute Gasteiger partial charge is 0.273 e. The number of hydrogen-bond donors (Lipinski definition) is 2. The van der Waals surface area contributed by atoms with Crippen molar-refractivity contribution in [3.8, 4) is 0 Å². The summed E-state index contributed by atoms with van der Waals surface area (Å²) in [5.41, 5.74) is 2.01. The molecule has 1 aliphatic heterocycles. The highest BCUT2D eigenvalue weighted by atomic mass is 16.2. The van der Waals surface area contributed by atoms with E-state index < -0.39 is 0 Å². The summed E-state index contributed by atoms with van der Waals surface area (Å²) in [4.78, 5) is 23.9. The van der Waals surface area contributed by atoms with Crippen LogP contribution in [0.3, 0.4) is 0 Å². The van der Waals surface area contributed by atoms with Gasteiger partial charge in [-0.2, -0.15) is 5.10 Å². The van der Waals surface area contributed by atoms with Crippen molar-refractivity contribution in [2.24, 2.45) is 10.9 Å². The van der Waals surface area contributed by atoms with Crippen LogP contribution in [0.2, 0.25) is 0 Å². The Morgan fingerprint density at radius 2 is 2.32 bits per heavy atom. The van der Waals surface area contributed by atoms with Gasteiger partial charge in [-0.15, -0.1) is 0 Å². The quantitative estimate of drug-likeness (QED) is 0.361. The summed E-state index contributed by atoms with van der Waals surface area (Å²) >= 11 is 0. The average molecular weight is 256 g/mol. The summed E-state index contributed by atoms with van der Waals surface area (Å²) in [5, 5.41) is 6.60. The molecule has 0 fully saturated rings. The van der Waals surface area contributed by atoms with Gasteiger partial charge in [0.2, 0.25) is 0 Å². The third-order valence-corrected chi connectivity index (χ3v) is 3.29. The van der Waals surface area contributed by atoms with Crippen LogP contribution in [0.1, 0.15) is 27.3 Å². The molecule has 0 aliphatic carbocycles. The molecule has 0 spiro atoms. The lowest BCUT2D eigenvalue weighted by Crippen LogP contribution is -2.26. The summed E-state index contributed by atoms with van der Waals surface area (Å²) in [6, 6.07) is 7.29. The lowest BCUT2D eigenvalue weighted by molar-refractivity contribution is 0.0947. The summed E-state index contributed by atoms with van der Waals surface area (Å²) in [5.74, 6) is 4.79. The number of nitrogens with two attached hydrogens (primary N) is 1. The van der Waals surface area contributed by atoms with Crippen LogP contribution >= 0.6 is 0 Å². The molecule has 19 heavy (non-hydrogen) atoms. The van der Waals surface area contributed by atoms with E-state index in [2.05, 4.69) is 10.4 Å². The van der Waals surface area contributed by atoms with Crippen molar-refractivity contribution in [3.63, 3.8) is 0 Å². The molecule has 1 aromatic carbocycles. The van der Waals surface area contributed by atoms with Crippen LogP contribution in [0.15, 0.2) is 29.4 Å². The first-order valence-corrected chi connectivity index (χ1v) is 5.90. The Hall–Kier alpha value is -2.63. The molecule has 1 aliphatic rings. The SMILES string of the molecule is NN=CNC(=O)c1cc2cccc3c2n1CCC3=O. The highest BCUT2D eigenvalue weighted by molar-refractivity contribution is 6.11. The second-order valence-electron chi connectivity index (χ2n) is 4.35. The van der Waals surface area contributed by atoms with Crippen molar-refractivity contribution in [2.45, 2.75) is 13.0 Å². The molecule has 3 N–H and O–H groups in total. The first-order valence-electron chi connectivity index (χ1n) is 5.90. The fourth-order valence-electron chi connectivity index (χ4n) is 2.49. The third kappa shape index (κ3) is 1.69. The number of para-hydroxylation sites is 1. The van der Waals surface area contributed by atoms with Gasteiger partial charge in [-0.05, 0) is 12.1 Å². The normalized spacial score (nSPS) is 14.2. The predicted molar refractivity (Wildman–Crippen MR) is 71.0 cm³/mol. The number of nitrogens with one attached hydrogen (secondary N) is 1. The lowest BCUT2D eigenvalue weighted by Gasteiger charge is -2.16. The fraction of sp³-hybridized carbons (Fsp3) is 0.154. The maximum Gasteiger partial charge on any atom is 0.273 e. The van der Waals surface area contributed by atoms with E-state index in [0.717, 1.165) is 17.2 Å². The van der Waals surface area contributed by atoms with Gasteiger partial charge in [0.25, 0.3) is 5.91 Å². The summed E-state index contributed by atoms with van der Waals surface area (Å²) < 4.78 is 1.87. The van der Waals surface area contributed by atoms with Crippen molar-refractivity contribution >= 4 is 28.9 Å². The van der Waals surface area contributed by atoms with Crippen LogP contribution in [-0.2, 0) is 6.54 Å². The average Bonchev–Trinajstić information content (AvgIpc) is 2.80. The number of ketones is 1. The van der Waals surface area contributed by atoms with Crippen LogP contribution in [-0.4, -0.2) is 22.6 Å². The number of carbonyl (C=O) groups excluding carboxylic acids is 2. The summed E-state index contributed by atoms with van der Waals surface area (Å²) in [7, 11) is 0. The number of benzene rings is 1. The zero-order valence-corrected chi connectivity index (χ0v) is 10.1. The molecular formula is C13H12N4O2. The van der Waals surface area contributed by atoms with Crippen LogP contribution in [0.25, 0.3) is 10.9 Å². The van der Waals surface area contributed by atoms with Gasteiger partial charge in [-0.3, -0.25) is 9.59 Å². The summed E-state index contributed by atoms with van der Waals surface area (Å²) in [6.45, 7) is 0.516. The van der Waals surface area contributed by atoms with Crippen molar-refractivity contribution in [1.29, 1.82) is 0 Å². The number of Topliss-reactive ketones (excluding diaryl/α,β-unsaturated/α-hetero) is 1. The molecule has 0 bridgehead atoms. The third-order valence-electron chi connectivity index (χ3n) is 3.29. The van der Waals surface area contributed by atoms with Gasteiger partial charge in [0, 0.05) is 23.9 Å². The van der Waals surface area contributed by atoms with E-state index in [1.54, 1.807) is 12.1 Å². The molecule has 0 saturated carbocycles. The van der Waals surface area contributed by atoms with Crippen LogP contribution in [0, 0.1) is 0 Å². The van der Waals surface area contributed by atoms with Crippen molar-refractivity contribution in [1.82, 2.24) is 9.88 Å². The molecule has 0 unspecified atom stereocenters. The first kappa shape index (κ1) is 11.5. The second-order valence-corrected chi connectivity index (χ2v) is 4.35. The zero-order valence-electron chi connectivity index (χ0n) is 10.1. The largest absolute Gasteiger partial charge is 0.335 e. The minimum absolute atomic E-state index is 0.117. The van der Waals surface area contributed by atoms with Gasteiger partial charge >= 0.3 is 0 Å². The number of carbonyl (C=O) groups is 2. The highest BCUT2D eigenvalue weighted by Gasteiger charge is 2.23. The minimum atomic E-state index is -0.286. The second kappa shape index (κ2) is 4.24. The number of aromatic nitrogens is 1. The number of rotatable bonds is 2. The number of amides is 1. The molecule has 0 radical (unpaired) electrons. The molecule has 6 heteroatoms. The van der Waals surface area contributed by atoms with Gasteiger partial charge in [-0.1, -0.05) is 12.1 Å². The Bertz CT molecular complexity index is 715. The van der Waals surface area contributed by atoms with Gasteiger partial charge < -0.3 is 15.7 Å². The molecule has 2 heterocycles. The number of hydrogen-bond acceptors (Lipinski definition) is 4. The topological polar surface area (TPSA) is 89.5 Å². The van der Waals surface area contributed by atoms with Crippen LogP contribution in [0.4, 0.5) is 0 Å². The van der Waals surface area contributed by atoms with Gasteiger partial charge in [0.05, 0.1) is 5.52 Å². The lowest BCUT2D eigenvalue weighted by atomic mass is 10.0. The molecule has 0 saturated heterocycles. The number of hydrazone groups is 1. The van der Waals surface area contributed by atoms with E-state index >= 15 is 0 Å². The van der Waals surface area contributed by atoms with Gasteiger partial charge in [0.15, 0.2) is 5.78 Å². The highest BCUT2D eigenvalue weighted by Crippen LogP contribution is 2.28. The Labute approximate surface area is 108 Å². The number of aryl methyl sites for hydroxylation is 1. The Kier molecular flexibility index (Phi) is 2.56. The molecule has 1 amide bonds. The summed E-state index contributed by atoms with van der Waals surface area (Å²) in [6.07, 6.45) is 1.55. The Morgan fingerprint density at radius 1 is 1.47 bits per heavy atom. The van der Waals surface area contributed by atoms with Crippen molar-refractivity contribution in [2.75, 3.05) is 0 Å². The van der Waals surface area contributed by atoms with Gasteiger partial charge in [-0.25, -0.2) is 0 Å². The molecule has 96 valence electrons. The maximum atomic E-state index is 12.0. The van der Waals surface area contributed by atoms with E-state index in [9.17, 15) is 9.59 Å². The maximum absolute atomic E-state index is 12.0. The van der Waals surface area contributed by atoms with E-state index in [1.807, 2.05) is 16.7 Å². The van der Waals surface area contributed by atoms with Crippen LogP contribution in [0.5, 0.6) is 0 Å². The molecule has 6 nitrogen and oxygen atoms in total. The van der Waals surface area contributed by atoms with Crippen molar-refractivity contribution in [3.05, 3.63) is 35.5 Å². The van der Waals surface area contributed by atoms with Crippen molar-refractivity contribution < 1.29 is 9.59 Å². The molecule has 3 rings (SSSR count). The Balaban J connectivity index is 2.19. The van der Waals surface area contributed by atoms with E-state index in [1.165, 1.54) is 0 Å². The standard InChI is InChI=1S/C13H12N4O2/c14-16-7-15-13(19)10-6-8-2-1-3-9-11(18)4-5-17(10)12(8)9/h1-3,6-7H,4-5,14H2,(H,15,16,19). The monoisotopic (exact) mass is 256 g/mol. The zero-order chi connectivity index (χ0) is 13.4. The Morgan fingerprint density at radius 3 is 3.11 bits per heavy atom. The molecule has 1 aromatic heterocycles. The number of nitrogens with zero attached hydrogens (tertiary/aromatic N) is 2. The fourth-order valence-corrected chi connectivity index (χ4v) is 2.49. The minimum Gasteiger partial charge on any atom is -0.335 e. The molecule has 2 aromatic rings. The van der Waals surface area contributed by atoms with E-state index in [0.29, 0.717) is 24.2 Å². The van der Waals surface area contributed by atoms with Gasteiger partial charge in [0.1, 0.15) is 12.0 Å². The molecule has 0 atom stereocenters. The predicted octanol–water partition coefficient (Wildman–Crippen LogP) is 0.859. The van der Waals surface area contributed by atoms with E-state index in [4.69, 9.17) is 5.84 Å². The molecular weight excluding hydrogens is 244 g/mol. The van der Waals surface area contributed by atoms with Crippen LogP contribution < -0.4 is 11.2 Å². The van der Waals surface area contributed by atoms with E-state index in [-0.39, 0.29) is 11.7 Å². The first-order chi connectivity index (χ1) is 9.22.